The van der Waals surface area contributed by atoms with Crippen LogP contribution in [-0.2, 0) is 10.0 Å². The molecule has 7 heteroatoms. The molecule has 0 aliphatic carbocycles. The average Bonchev–Trinajstić information content (AvgIpc) is 2.90. The first kappa shape index (κ1) is 14.0. The van der Waals surface area contributed by atoms with Crippen LogP contribution in [0.25, 0.3) is 0 Å². The number of hydrogen-bond acceptors (Lipinski definition) is 4. The van der Waals surface area contributed by atoms with Gasteiger partial charge in [-0.2, -0.15) is 0 Å². The molecule has 1 unspecified atom stereocenters. The van der Waals surface area contributed by atoms with Gasteiger partial charge in [-0.3, -0.25) is 4.79 Å². The normalized spacial score (nSPS) is 19.5. The van der Waals surface area contributed by atoms with E-state index in [1.807, 2.05) is 0 Å². The van der Waals surface area contributed by atoms with Crippen LogP contribution in [0, 0.1) is 0 Å². The lowest BCUT2D eigenvalue weighted by Gasteiger charge is -2.12. The predicted molar refractivity (Wildman–Crippen MR) is 71.2 cm³/mol. The lowest BCUT2D eigenvalue weighted by atomic mass is 10.2. The van der Waals surface area contributed by atoms with Gasteiger partial charge >= 0.3 is 0 Å². The van der Waals surface area contributed by atoms with Crippen LogP contribution in [0.1, 0.15) is 23.2 Å². The van der Waals surface area contributed by atoms with Crippen molar-refractivity contribution < 1.29 is 13.2 Å². The van der Waals surface area contributed by atoms with Gasteiger partial charge in [-0.05, 0) is 37.6 Å². The van der Waals surface area contributed by atoms with Gasteiger partial charge < -0.3 is 11.1 Å². The van der Waals surface area contributed by atoms with Gasteiger partial charge in [-0.1, -0.05) is 6.07 Å². The van der Waals surface area contributed by atoms with Crippen LogP contribution in [0.3, 0.4) is 0 Å². The maximum atomic E-state index is 12.1. The fraction of sp³-hybridized carbons (Fsp3) is 0.417. The van der Waals surface area contributed by atoms with Crippen molar-refractivity contribution in [2.45, 2.75) is 23.8 Å². The van der Waals surface area contributed by atoms with Crippen LogP contribution in [0.2, 0.25) is 0 Å². The molecule has 104 valence electrons. The van der Waals surface area contributed by atoms with Gasteiger partial charge in [0.05, 0.1) is 4.90 Å². The van der Waals surface area contributed by atoms with Crippen LogP contribution in [0.5, 0.6) is 0 Å². The Bertz CT molecular complexity index is 565. The summed E-state index contributed by atoms with van der Waals surface area (Å²) in [7, 11) is -3.60. The zero-order valence-corrected chi connectivity index (χ0v) is 11.2. The number of hydrogen-bond donors (Lipinski definition) is 3. The first-order valence-corrected chi connectivity index (χ1v) is 7.60. The van der Waals surface area contributed by atoms with E-state index in [9.17, 15) is 13.2 Å². The number of carbonyl (C=O) groups is 1. The quantitative estimate of drug-likeness (QED) is 0.697. The highest BCUT2D eigenvalue weighted by Gasteiger charge is 2.19. The van der Waals surface area contributed by atoms with E-state index < -0.39 is 15.9 Å². The van der Waals surface area contributed by atoms with E-state index >= 15 is 0 Å². The molecule has 1 atom stereocenters. The second-order valence-corrected chi connectivity index (χ2v) is 6.30. The minimum absolute atomic E-state index is 0.0572. The van der Waals surface area contributed by atoms with E-state index in [1.54, 1.807) is 0 Å². The summed E-state index contributed by atoms with van der Waals surface area (Å²) in [4.78, 5) is 11.1. The Hall–Kier alpha value is -1.44. The van der Waals surface area contributed by atoms with E-state index in [2.05, 4.69) is 10.0 Å². The first-order valence-electron chi connectivity index (χ1n) is 6.12. The minimum Gasteiger partial charge on any atom is -0.366 e. The second kappa shape index (κ2) is 5.68. The van der Waals surface area contributed by atoms with E-state index in [-0.39, 0.29) is 16.5 Å². The number of nitrogens with two attached hydrogens (primary N) is 1. The highest BCUT2D eigenvalue weighted by molar-refractivity contribution is 7.89. The molecule has 0 radical (unpaired) electrons. The number of benzene rings is 1. The molecule has 0 bridgehead atoms. The molecule has 1 aliphatic rings. The molecular formula is C12H17N3O3S. The van der Waals surface area contributed by atoms with Crippen molar-refractivity contribution in [2.75, 3.05) is 13.1 Å². The number of primary amides is 1. The van der Waals surface area contributed by atoms with Gasteiger partial charge in [-0.15, -0.1) is 0 Å². The fourth-order valence-electron chi connectivity index (χ4n) is 2.04. The summed E-state index contributed by atoms with van der Waals surface area (Å²) in [5.74, 6) is -0.644. The van der Waals surface area contributed by atoms with E-state index in [1.165, 1.54) is 24.3 Å². The number of nitrogens with one attached hydrogen (secondary N) is 2. The zero-order valence-electron chi connectivity index (χ0n) is 10.4. The molecule has 19 heavy (non-hydrogen) atoms. The molecule has 4 N–H and O–H groups in total. The summed E-state index contributed by atoms with van der Waals surface area (Å²) in [6, 6.07) is 5.89. The Balaban J connectivity index is 2.09. The topological polar surface area (TPSA) is 101 Å². The van der Waals surface area contributed by atoms with Crippen molar-refractivity contribution in [3.8, 4) is 0 Å². The summed E-state index contributed by atoms with van der Waals surface area (Å²) >= 11 is 0. The van der Waals surface area contributed by atoms with Crippen molar-refractivity contribution in [3.05, 3.63) is 29.8 Å². The highest BCUT2D eigenvalue weighted by atomic mass is 32.2. The Labute approximate surface area is 112 Å². The molecule has 1 amide bonds. The molecule has 0 saturated carbocycles. The van der Waals surface area contributed by atoms with Gasteiger partial charge in [0, 0.05) is 18.2 Å². The van der Waals surface area contributed by atoms with Gasteiger partial charge in [0.15, 0.2) is 0 Å². The molecule has 1 heterocycles. The van der Waals surface area contributed by atoms with Gasteiger partial charge in [-0.25, -0.2) is 13.1 Å². The van der Waals surface area contributed by atoms with Crippen LogP contribution < -0.4 is 15.8 Å². The molecular weight excluding hydrogens is 266 g/mol. The lowest BCUT2D eigenvalue weighted by Crippen LogP contribution is -2.37. The SMILES string of the molecule is NC(=O)c1cccc(S(=O)(=O)NCC2CCCN2)c1. The summed E-state index contributed by atoms with van der Waals surface area (Å²) in [5.41, 5.74) is 5.32. The standard InChI is InChI=1S/C12H17N3O3S/c13-12(16)9-3-1-5-11(7-9)19(17,18)15-8-10-4-2-6-14-10/h1,3,5,7,10,14-15H,2,4,6,8H2,(H2,13,16). The number of sulfonamides is 1. The molecule has 1 saturated heterocycles. The average molecular weight is 283 g/mol. The zero-order chi connectivity index (χ0) is 13.9. The lowest BCUT2D eigenvalue weighted by molar-refractivity contribution is 0.1000. The third kappa shape index (κ3) is 3.52. The number of carbonyl (C=O) groups excluding carboxylic acids is 1. The molecule has 1 aromatic rings. The smallest absolute Gasteiger partial charge is 0.248 e. The molecule has 6 nitrogen and oxygen atoms in total. The fourth-order valence-corrected chi connectivity index (χ4v) is 3.17. The third-order valence-corrected chi connectivity index (χ3v) is 4.53. The maximum Gasteiger partial charge on any atom is 0.248 e. The third-order valence-electron chi connectivity index (χ3n) is 3.11. The van der Waals surface area contributed by atoms with Crippen LogP contribution >= 0.6 is 0 Å². The summed E-state index contributed by atoms with van der Waals surface area (Å²) in [6.45, 7) is 1.27. The predicted octanol–water partition coefficient (Wildman–Crippen LogP) is -0.184. The maximum absolute atomic E-state index is 12.1. The Morgan fingerprint density at radius 1 is 1.47 bits per heavy atom. The van der Waals surface area contributed by atoms with Crippen molar-refractivity contribution in [3.63, 3.8) is 0 Å². The summed E-state index contributed by atoms with van der Waals surface area (Å²) in [5, 5.41) is 3.21. The van der Waals surface area contributed by atoms with E-state index in [0.717, 1.165) is 19.4 Å². The Kier molecular flexibility index (Phi) is 4.18. The first-order chi connectivity index (χ1) is 8.99. The molecule has 0 spiro atoms. The van der Waals surface area contributed by atoms with Gasteiger partial charge in [0.1, 0.15) is 0 Å². The molecule has 1 aromatic carbocycles. The summed E-state index contributed by atoms with van der Waals surface area (Å²) in [6.07, 6.45) is 2.02. The Morgan fingerprint density at radius 3 is 2.89 bits per heavy atom. The van der Waals surface area contributed by atoms with E-state index in [0.29, 0.717) is 6.54 Å². The largest absolute Gasteiger partial charge is 0.366 e. The number of rotatable bonds is 5. The molecule has 1 fully saturated rings. The van der Waals surface area contributed by atoms with Gasteiger partial charge in [0.2, 0.25) is 15.9 Å². The number of amides is 1. The molecule has 0 aromatic heterocycles. The molecule has 1 aliphatic heterocycles. The highest BCUT2D eigenvalue weighted by Crippen LogP contribution is 2.12. The summed E-state index contributed by atoms with van der Waals surface area (Å²) < 4.78 is 26.7. The minimum atomic E-state index is -3.60. The van der Waals surface area contributed by atoms with Crippen molar-refractivity contribution in [1.29, 1.82) is 0 Å². The van der Waals surface area contributed by atoms with Crippen LogP contribution in [0.4, 0.5) is 0 Å². The molecule has 2 rings (SSSR count). The van der Waals surface area contributed by atoms with Crippen molar-refractivity contribution in [2.24, 2.45) is 5.73 Å². The van der Waals surface area contributed by atoms with Crippen molar-refractivity contribution in [1.82, 2.24) is 10.0 Å². The Morgan fingerprint density at radius 2 is 2.26 bits per heavy atom. The van der Waals surface area contributed by atoms with Gasteiger partial charge in [0.25, 0.3) is 0 Å². The monoisotopic (exact) mass is 283 g/mol. The van der Waals surface area contributed by atoms with Crippen LogP contribution in [0.15, 0.2) is 29.2 Å². The second-order valence-electron chi connectivity index (χ2n) is 4.54. The van der Waals surface area contributed by atoms with E-state index in [4.69, 9.17) is 5.73 Å². The van der Waals surface area contributed by atoms with Crippen LogP contribution in [-0.4, -0.2) is 33.5 Å². The van der Waals surface area contributed by atoms with Crippen molar-refractivity contribution >= 4 is 15.9 Å².